The van der Waals surface area contributed by atoms with Crippen molar-refractivity contribution in [2.75, 3.05) is 24.1 Å². The number of anilines is 2. The van der Waals surface area contributed by atoms with Crippen LogP contribution in [0.1, 0.15) is 24.2 Å². The first-order valence-electron chi connectivity index (χ1n) is 6.20. The number of hydrogen-bond acceptors (Lipinski definition) is 4. The molecule has 0 aliphatic rings. The smallest absolute Gasteiger partial charge is 0.250 e. The number of halogens is 1. The molecule has 1 aromatic carbocycles. The van der Waals surface area contributed by atoms with Crippen molar-refractivity contribution in [3.8, 4) is 0 Å². The molecule has 0 bridgehead atoms. The second kappa shape index (κ2) is 6.74. The van der Waals surface area contributed by atoms with Gasteiger partial charge in [-0.15, -0.1) is 0 Å². The van der Waals surface area contributed by atoms with Crippen LogP contribution in [0.15, 0.2) is 12.1 Å². The van der Waals surface area contributed by atoms with Gasteiger partial charge in [0.15, 0.2) is 0 Å². The van der Waals surface area contributed by atoms with Gasteiger partial charge in [-0.2, -0.15) is 0 Å². The summed E-state index contributed by atoms with van der Waals surface area (Å²) in [6, 6.07) is 2.19. The quantitative estimate of drug-likeness (QED) is 0.575. The lowest BCUT2D eigenvalue weighted by Gasteiger charge is -2.11. The third-order valence-electron chi connectivity index (χ3n) is 2.55. The summed E-state index contributed by atoms with van der Waals surface area (Å²) in [6.45, 7) is 4.36. The summed E-state index contributed by atoms with van der Waals surface area (Å²) in [7, 11) is 0. The van der Waals surface area contributed by atoms with Crippen molar-refractivity contribution in [2.24, 2.45) is 11.7 Å². The maximum absolute atomic E-state index is 13.6. The fraction of sp³-hybridized carbons (Fsp3) is 0.385. The van der Waals surface area contributed by atoms with Crippen LogP contribution < -0.4 is 22.1 Å². The largest absolute Gasteiger partial charge is 0.398 e. The van der Waals surface area contributed by atoms with Crippen molar-refractivity contribution in [1.82, 2.24) is 5.32 Å². The molecule has 0 spiro atoms. The van der Waals surface area contributed by atoms with Gasteiger partial charge in [-0.05, 0) is 18.1 Å². The molecule has 7 heteroatoms. The molecule has 110 valence electrons. The number of primary amides is 1. The SMILES string of the molecule is CC(C)CNC(=O)CNc1cc(C(N)=O)c(N)cc1F. The Kier molecular flexibility index (Phi) is 5.31. The Bertz CT molecular complexity index is 517. The Morgan fingerprint density at radius 3 is 2.55 bits per heavy atom. The van der Waals surface area contributed by atoms with Gasteiger partial charge < -0.3 is 22.1 Å². The number of nitrogens with one attached hydrogen (secondary N) is 2. The molecule has 2 amide bonds. The van der Waals surface area contributed by atoms with E-state index in [1.807, 2.05) is 13.8 Å². The van der Waals surface area contributed by atoms with E-state index >= 15 is 0 Å². The van der Waals surface area contributed by atoms with Crippen LogP contribution in [-0.4, -0.2) is 24.9 Å². The van der Waals surface area contributed by atoms with Gasteiger partial charge in [-0.25, -0.2) is 4.39 Å². The van der Waals surface area contributed by atoms with Crippen molar-refractivity contribution in [3.63, 3.8) is 0 Å². The van der Waals surface area contributed by atoms with Crippen LogP contribution in [0, 0.1) is 11.7 Å². The molecule has 0 heterocycles. The highest BCUT2D eigenvalue weighted by molar-refractivity contribution is 5.99. The Morgan fingerprint density at radius 2 is 2.00 bits per heavy atom. The average Bonchev–Trinajstić information content (AvgIpc) is 2.34. The Balaban J connectivity index is 2.70. The Morgan fingerprint density at radius 1 is 1.35 bits per heavy atom. The highest BCUT2D eigenvalue weighted by Crippen LogP contribution is 2.21. The molecular weight excluding hydrogens is 263 g/mol. The minimum atomic E-state index is -0.755. The summed E-state index contributed by atoms with van der Waals surface area (Å²) in [5.41, 5.74) is 10.6. The first-order chi connectivity index (χ1) is 9.31. The van der Waals surface area contributed by atoms with Crippen LogP contribution in [0.4, 0.5) is 15.8 Å². The van der Waals surface area contributed by atoms with Crippen LogP contribution in [0.25, 0.3) is 0 Å². The van der Waals surface area contributed by atoms with E-state index in [1.165, 1.54) is 6.07 Å². The first-order valence-corrected chi connectivity index (χ1v) is 6.20. The van der Waals surface area contributed by atoms with Gasteiger partial charge in [0.2, 0.25) is 5.91 Å². The van der Waals surface area contributed by atoms with Crippen molar-refractivity contribution < 1.29 is 14.0 Å². The number of carbonyl (C=O) groups is 2. The van der Waals surface area contributed by atoms with Crippen LogP contribution >= 0.6 is 0 Å². The zero-order chi connectivity index (χ0) is 15.3. The van der Waals surface area contributed by atoms with Crippen molar-refractivity contribution >= 4 is 23.2 Å². The van der Waals surface area contributed by atoms with E-state index in [2.05, 4.69) is 10.6 Å². The molecule has 6 nitrogen and oxygen atoms in total. The van der Waals surface area contributed by atoms with E-state index in [9.17, 15) is 14.0 Å². The topological polar surface area (TPSA) is 110 Å². The number of nitrogens with two attached hydrogens (primary N) is 2. The monoisotopic (exact) mass is 282 g/mol. The highest BCUT2D eigenvalue weighted by atomic mass is 19.1. The van der Waals surface area contributed by atoms with E-state index in [4.69, 9.17) is 11.5 Å². The molecule has 0 aromatic heterocycles. The Labute approximate surface area is 116 Å². The van der Waals surface area contributed by atoms with Gasteiger partial charge in [0.1, 0.15) is 5.82 Å². The fourth-order valence-corrected chi connectivity index (χ4v) is 1.49. The van der Waals surface area contributed by atoms with Crippen LogP contribution in [0.3, 0.4) is 0 Å². The number of amides is 2. The zero-order valence-corrected chi connectivity index (χ0v) is 11.5. The van der Waals surface area contributed by atoms with Gasteiger partial charge in [0.05, 0.1) is 17.8 Å². The summed E-state index contributed by atoms with van der Waals surface area (Å²) in [6.07, 6.45) is 0. The van der Waals surface area contributed by atoms with E-state index in [1.54, 1.807) is 0 Å². The maximum Gasteiger partial charge on any atom is 0.250 e. The third-order valence-corrected chi connectivity index (χ3v) is 2.55. The molecule has 1 rings (SSSR count). The number of rotatable bonds is 6. The van der Waals surface area contributed by atoms with Gasteiger partial charge in [0.25, 0.3) is 5.91 Å². The van der Waals surface area contributed by atoms with Gasteiger partial charge >= 0.3 is 0 Å². The molecule has 0 aliphatic heterocycles. The standard InChI is InChI=1S/C13H19FN4O2/c1-7(2)5-18-12(19)6-17-11-3-8(13(16)20)10(15)4-9(11)14/h3-4,7,17H,5-6,15H2,1-2H3,(H2,16,20)(H,18,19). The number of benzene rings is 1. The minimum absolute atomic E-state index is 0.00713. The molecule has 0 fully saturated rings. The molecule has 6 N–H and O–H groups in total. The lowest BCUT2D eigenvalue weighted by molar-refractivity contribution is -0.119. The van der Waals surface area contributed by atoms with Crippen LogP contribution in [-0.2, 0) is 4.79 Å². The van der Waals surface area contributed by atoms with E-state index in [0.29, 0.717) is 12.5 Å². The van der Waals surface area contributed by atoms with Gasteiger partial charge in [0, 0.05) is 12.2 Å². The van der Waals surface area contributed by atoms with E-state index in [0.717, 1.165) is 6.07 Å². The first kappa shape index (κ1) is 15.7. The predicted molar refractivity (Wildman–Crippen MR) is 75.7 cm³/mol. The lowest BCUT2D eigenvalue weighted by atomic mass is 10.1. The molecule has 0 radical (unpaired) electrons. The number of nitrogen functional groups attached to an aromatic ring is 1. The third kappa shape index (κ3) is 4.42. The summed E-state index contributed by atoms with van der Waals surface area (Å²) in [4.78, 5) is 22.6. The molecular formula is C13H19FN4O2. The van der Waals surface area contributed by atoms with E-state index in [-0.39, 0.29) is 29.4 Å². The van der Waals surface area contributed by atoms with Crippen molar-refractivity contribution in [3.05, 3.63) is 23.5 Å². The molecule has 0 aliphatic carbocycles. The van der Waals surface area contributed by atoms with Crippen molar-refractivity contribution in [2.45, 2.75) is 13.8 Å². The molecule has 0 saturated carbocycles. The van der Waals surface area contributed by atoms with Gasteiger partial charge in [-0.3, -0.25) is 9.59 Å². The number of carbonyl (C=O) groups excluding carboxylic acids is 2. The molecule has 1 aromatic rings. The van der Waals surface area contributed by atoms with E-state index < -0.39 is 11.7 Å². The second-order valence-corrected chi connectivity index (χ2v) is 4.84. The summed E-state index contributed by atoms with van der Waals surface area (Å²) < 4.78 is 13.6. The normalized spacial score (nSPS) is 10.4. The van der Waals surface area contributed by atoms with Crippen LogP contribution in [0.5, 0.6) is 0 Å². The second-order valence-electron chi connectivity index (χ2n) is 4.84. The molecule has 0 atom stereocenters. The molecule has 0 unspecified atom stereocenters. The maximum atomic E-state index is 13.6. The summed E-state index contributed by atoms with van der Waals surface area (Å²) >= 11 is 0. The summed E-state index contributed by atoms with van der Waals surface area (Å²) in [5, 5.41) is 5.29. The predicted octanol–water partition coefficient (Wildman–Crippen LogP) is 0.691. The van der Waals surface area contributed by atoms with Crippen LogP contribution in [0.2, 0.25) is 0 Å². The van der Waals surface area contributed by atoms with Crippen molar-refractivity contribution in [1.29, 1.82) is 0 Å². The van der Waals surface area contributed by atoms with Gasteiger partial charge in [-0.1, -0.05) is 13.8 Å². The summed E-state index contributed by atoms with van der Waals surface area (Å²) in [5.74, 6) is -1.34. The molecule has 20 heavy (non-hydrogen) atoms. The molecule has 0 saturated heterocycles. The zero-order valence-electron chi connectivity index (χ0n) is 11.5. The Hall–Kier alpha value is -2.31. The average molecular weight is 282 g/mol. The number of hydrogen-bond donors (Lipinski definition) is 4. The minimum Gasteiger partial charge on any atom is -0.398 e. The fourth-order valence-electron chi connectivity index (χ4n) is 1.49. The lowest BCUT2D eigenvalue weighted by Crippen LogP contribution is -2.32. The highest BCUT2D eigenvalue weighted by Gasteiger charge is 2.12.